The van der Waals surface area contributed by atoms with Gasteiger partial charge in [-0.15, -0.1) is 0 Å². The summed E-state index contributed by atoms with van der Waals surface area (Å²) in [6.07, 6.45) is 4.83. The molecule has 0 amide bonds. The molecule has 2 heterocycles. The second kappa shape index (κ2) is 10.5. The average Bonchev–Trinajstić information content (AvgIpc) is 2.68. The summed E-state index contributed by atoms with van der Waals surface area (Å²) in [7, 11) is 3.53. The first-order chi connectivity index (χ1) is 7.76. The third kappa shape index (κ3) is 5.22. The van der Waals surface area contributed by atoms with Crippen LogP contribution in [0.25, 0.3) is 11.2 Å². The van der Waals surface area contributed by atoms with Gasteiger partial charge in [0.2, 0.25) is 5.88 Å². The molecule has 0 aliphatic rings. The van der Waals surface area contributed by atoms with Gasteiger partial charge in [0.1, 0.15) is 5.82 Å². The zero-order valence-corrected chi connectivity index (χ0v) is 21.0. The van der Waals surface area contributed by atoms with Gasteiger partial charge in [-0.1, -0.05) is 13.3 Å². The summed E-state index contributed by atoms with van der Waals surface area (Å²) in [6, 6.07) is 0. The van der Waals surface area contributed by atoms with E-state index in [1.54, 1.807) is 13.4 Å². The summed E-state index contributed by atoms with van der Waals surface area (Å²) in [5, 5.41) is 0. The Morgan fingerprint density at radius 1 is 1.26 bits per heavy atom. The fourth-order valence-electron chi connectivity index (χ4n) is 1.61. The first kappa shape index (κ1) is 22.0. The van der Waals surface area contributed by atoms with E-state index in [9.17, 15) is 0 Å². The molecule has 2 aromatic heterocycles. The number of rotatable bonds is 4. The molecule has 0 spiro atoms. The predicted octanol–water partition coefficient (Wildman–Crippen LogP) is 0.0367. The van der Waals surface area contributed by atoms with E-state index in [0.29, 0.717) is 5.88 Å². The van der Waals surface area contributed by atoms with E-state index in [1.807, 2.05) is 11.6 Å². The van der Waals surface area contributed by atoms with Gasteiger partial charge in [0.25, 0.3) is 0 Å². The van der Waals surface area contributed by atoms with E-state index < -0.39 is 0 Å². The molecule has 0 saturated carbocycles. The van der Waals surface area contributed by atoms with E-state index >= 15 is 0 Å². The van der Waals surface area contributed by atoms with Gasteiger partial charge in [0.05, 0.1) is 13.4 Å². The topological polar surface area (TPSA) is 52.8 Å². The van der Waals surface area contributed by atoms with Crippen molar-refractivity contribution in [2.45, 2.75) is 26.2 Å². The van der Waals surface area contributed by atoms with E-state index in [1.165, 1.54) is 0 Å². The maximum Gasteiger partial charge on any atom is 0 e. The molecule has 0 aliphatic heterocycles. The molecule has 0 aliphatic carbocycles. The number of hydrogen-bond acceptors (Lipinski definition) is 4. The molecule has 2 rings (SSSR count). The van der Waals surface area contributed by atoms with Crippen molar-refractivity contribution < 1.29 is 4.74 Å². The van der Waals surface area contributed by atoms with Crippen molar-refractivity contribution in [3.05, 3.63) is 12.2 Å². The number of imidazole rings is 1. The summed E-state index contributed by atoms with van der Waals surface area (Å²) in [6.45, 7) is 2.15. The fourth-order valence-corrected chi connectivity index (χ4v) is 1.61. The zero-order valence-electron chi connectivity index (χ0n) is 11.6. The zero-order chi connectivity index (χ0) is 11.5. The predicted molar refractivity (Wildman–Crippen MR) is 81.5 cm³/mol. The van der Waals surface area contributed by atoms with Crippen LogP contribution >= 0.6 is 0 Å². The van der Waals surface area contributed by atoms with Crippen LogP contribution in [0.1, 0.15) is 25.6 Å². The molecule has 8 heteroatoms. The average molecular weight is 578 g/mol. The van der Waals surface area contributed by atoms with Gasteiger partial charge in [-0.05, 0) is 6.42 Å². The molecule has 19 heavy (non-hydrogen) atoms. The number of methoxy groups -OCH3 is 1. The van der Waals surface area contributed by atoms with Crippen LogP contribution < -0.4 is 4.74 Å². The SMILES string of the molecule is CCCCc1nc(OC)c2ncn(C)c2n1.[SnH].[SnH].[Sn]. The second-order valence-electron chi connectivity index (χ2n) is 3.78. The molecule has 0 saturated heterocycles. The first-order valence-corrected chi connectivity index (χ1v) is 5.48. The summed E-state index contributed by atoms with van der Waals surface area (Å²) < 4.78 is 7.12. The number of aryl methyl sites for hydroxylation is 2. The van der Waals surface area contributed by atoms with Crippen LogP contribution in [0.15, 0.2) is 6.33 Å². The van der Waals surface area contributed by atoms with Crippen LogP contribution in [0.4, 0.5) is 0 Å². The van der Waals surface area contributed by atoms with Gasteiger partial charge in [0.15, 0.2) is 11.2 Å². The third-order valence-electron chi connectivity index (χ3n) is 2.52. The Balaban J connectivity index is 0. The first-order valence-electron chi connectivity index (χ1n) is 5.48. The van der Waals surface area contributed by atoms with Crippen LogP contribution in [0.3, 0.4) is 0 Å². The molecule has 0 aromatic carbocycles. The Morgan fingerprint density at radius 3 is 2.53 bits per heavy atom. The second-order valence-corrected chi connectivity index (χ2v) is 3.78. The van der Waals surface area contributed by atoms with Crippen LogP contribution in [0.5, 0.6) is 5.88 Å². The number of nitrogens with zero attached hydrogens (tertiary/aromatic N) is 4. The van der Waals surface area contributed by atoms with E-state index in [2.05, 4.69) is 21.9 Å². The largest absolute Gasteiger partial charge is 0 e. The molecule has 0 fully saturated rings. The molecule has 0 N–H and O–H groups in total. The Kier molecular flexibility index (Phi) is 12.1. The van der Waals surface area contributed by atoms with E-state index in [-0.39, 0.29) is 71.7 Å². The number of aromatic nitrogens is 4. The summed E-state index contributed by atoms with van der Waals surface area (Å²) in [4.78, 5) is 13.1. The Morgan fingerprint density at radius 2 is 1.95 bits per heavy atom. The van der Waals surface area contributed by atoms with Gasteiger partial charge >= 0.3 is 47.8 Å². The summed E-state index contributed by atoms with van der Waals surface area (Å²) in [5.74, 6) is 1.39. The Labute approximate surface area is 164 Å². The van der Waals surface area contributed by atoms with Crippen molar-refractivity contribution in [3.63, 3.8) is 0 Å². The standard InChI is InChI=1S/C11H16N4O.3Sn.2H/c1-4-5-6-8-13-10-9(11(14-8)16-3)12-7-15(10)2;;;;;/h7H,4-6H2,1-3H3;;;;;. The molecular weight excluding hydrogens is 560 g/mol. The van der Waals surface area contributed by atoms with E-state index in [4.69, 9.17) is 4.74 Å². The van der Waals surface area contributed by atoms with Crippen molar-refractivity contribution in [2.24, 2.45) is 7.05 Å². The number of fused-ring (bicyclic) bond motifs is 1. The monoisotopic (exact) mass is 582 g/mol. The van der Waals surface area contributed by atoms with Crippen molar-refractivity contribution in [3.8, 4) is 5.88 Å². The molecule has 100 valence electrons. The molecular formula is C11H18N4OSn3. The van der Waals surface area contributed by atoms with Gasteiger partial charge in [-0.2, -0.15) is 4.98 Å². The van der Waals surface area contributed by atoms with Crippen LogP contribution in [-0.4, -0.2) is 98.4 Å². The van der Waals surface area contributed by atoms with Gasteiger partial charge in [-0.3, -0.25) is 0 Å². The van der Waals surface area contributed by atoms with Crippen LogP contribution in [0.2, 0.25) is 0 Å². The minimum atomic E-state index is 0. The Bertz CT molecular complexity index is 504. The fraction of sp³-hybridized carbons (Fsp3) is 0.545. The quantitative estimate of drug-likeness (QED) is 0.482. The molecule has 0 unspecified atom stereocenters. The van der Waals surface area contributed by atoms with Crippen molar-refractivity contribution in [1.82, 2.24) is 19.5 Å². The maximum absolute atomic E-state index is 5.23. The summed E-state index contributed by atoms with van der Waals surface area (Å²) in [5.41, 5.74) is 1.56. The van der Waals surface area contributed by atoms with Gasteiger partial charge < -0.3 is 9.30 Å². The van der Waals surface area contributed by atoms with Crippen molar-refractivity contribution >= 4 is 82.9 Å². The molecule has 0 bridgehead atoms. The van der Waals surface area contributed by atoms with Crippen LogP contribution in [-0.2, 0) is 13.5 Å². The molecule has 10 radical (unpaired) electrons. The number of unbranched alkanes of at least 4 members (excludes halogenated alkanes) is 1. The van der Waals surface area contributed by atoms with Crippen LogP contribution in [0, 0.1) is 0 Å². The third-order valence-corrected chi connectivity index (χ3v) is 2.52. The molecule has 5 nitrogen and oxygen atoms in total. The maximum atomic E-state index is 5.23. The smallest absolute Gasteiger partial charge is 0 e. The number of ether oxygens (including phenoxy) is 1. The van der Waals surface area contributed by atoms with Crippen molar-refractivity contribution in [2.75, 3.05) is 7.11 Å². The van der Waals surface area contributed by atoms with Crippen molar-refractivity contribution in [1.29, 1.82) is 0 Å². The minimum absolute atomic E-state index is 0. The molecule has 0 atom stereocenters. The van der Waals surface area contributed by atoms with Gasteiger partial charge in [0, 0.05) is 37.4 Å². The summed E-state index contributed by atoms with van der Waals surface area (Å²) >= 11 is 0. The number of hydrogen-bond donors (Lipinski definition) is 0. The van der Waals surface area contributed by atoms with E-state index in [0.717, 1.165) is 36.3 Å². The minimum Gasteiger partial charge on any atom is 0 e. The van der Waals surface area contributed by atoms with Gasteiger partial charge in [-0.25, -0.2) is 9.97 Å². The molecule has 2 aromatic rings. The normalized spacial score (nSPS) is 9.21. The Hall–Kier alpha value is 0.746.